The van der Waals surface area contributed by atoms with Gasteiger partial charge in [0.2, 0.25) is 0 Å². The molecule has 0 aliphatic rings. The molecule has 0 bridgehead atoms. The van der Waals surface area contributed by atoms with Gasteiger partial charge in [-0.3, -0.25) is 0 Å². The molecule has 0 aliphatic heterocycles. The number of halogens is 1. The van der Waals surface area contributed by atoms with Crippen molar-refractivity contribution in [1.82, 2.24) is 4.98 Å². The summed E-state index contributed by atoms with van der Waals surface area (Å²) < 4.78 is 39.0. The van der Waals surface area contributed by atoms with E-state index in [-0.39, 0.29) is 10.5 Å². The summed E-state index contributed by atoms with van der Waals surface area (Å²) in [6.45, 7) is 0. The number of hydrogen-bond donors (Lipinski definition) is 2. The standard InChI is InChI=1S/C26H21AsFN3O4S/c1-36(34,35)24-12-9-17(28)14-21(24)16-7-10-18(11-8-16)31-26(32)20-5-3-13-29-25(20)19-4-2-6-23(27)22(19)15-30-33/h2-15,33H,27H2,1H3,(H,31,32). The van der Waals surface area contributed by atoms with E-state index in [0.29, 0.717) is 33.6 Å². The number of oxime groups is 1. The zero-order valence-corrected chi connectivity index (χ0v) is 22.3. The summed E-state index contributed by atoms with van der Waals surface area (Å²) in [5.41, 5.74) is 3.24. The average Bonchev–Trinajstić information content (AvgIpc) is 2.85. The second kappa shape index (κ2) is 10.4. The molecular formula is C26H21AsFN3O4S. The van der Waals surface area contributed by atoms with Gasteiger partial charge in [-0.2, -0.15) is 0 Å². The zero-order valence-electron chi connectivity index (χ0n) is 19.0. The number of benzene rings is 3. The molecule has 1 unspecified atom stereocenters. The van der Waals surface area contributed by atoms with Gasteiger partial charge >= 0.3 is 159 Å². The fraction of sp³-hybridized carbons (Fsp3) is 0.0385. The van der Waals surface area contributed by atoms with Crippen molar-refractivity contribution in [3.63, 3.8) is 0 Å². The van der Waals surface area contributed by atoms with Crippen molar-refractivity contribution >= 4 is 48.9 Å². The molecule has 1 heterocycles. The van der Waals surface area contributed by atoms with E-state index in [2.05, 4.69) is 15.5 Å². The van der Waals surface area contributed by atoms with Crippen LogP contribution >= 0.6 is 0 Å². The molecule has 1 aromatic heterocycles. The first-order valence-corrected chi connectivity index (χ1v) is 13.7. The van der Waals surface area contributed by atoms with E-state index in [1.54, 1.807) is 48.7 Å². The SMILES string of the molecule is CS(=O)(=O)c1ccc(F)cc1-c1ccc(NC(=O)c2cccnc2-c2cccc([AsH2])c2C=NO)cc1. The van der Waals surface area contributed by atoms with E-state index in [0.717, 1.165) is 16.7 Å². The molecule has 0 spiro atoms. The molecule has 4 aromatic rings. The van der Waals surface area contributed by atoms with Crippen molar-refractivity contribution in [3.05, 3.63) is 95.9 Å². The molecule has 2 N–H and O–H groups in total. The molecule has 0 fully saturated rings. The van der Waals surface area contributed by atoms with E-state index >= 15 is 0 Å². The van der Waals surface area contributed by atoms with Crippen molar-refractivity contribution in [2.45, 2.75) is 4.90 Å². The number of carbonyl (C=O) groups excluding carboxylic acids is 1. The number of carbonyl (C=O) groups is 1. The summed E-state index contributed by atoms with van der Waals surface area (Å²) in [4.78, 5) is 17.6. The molecule has 10 heteroatoms. The Morgan fingerprint density at radius 3 is 2.50 bits per heavy atom. The second-order valence-corrected chi connectivity index (χ2v) is 11.2. The zero-order chi connectivity index (χ0) is 25.9. The van der Waals surface area contributed by atoms with Crippen LogP contribution in [0.2, 0.25) is 0 Å². The minimum atomic E-state index is -3.57. The number of pyridine rings is 1. The summed E-state index contributed by atoms with van der Waals surface area (Å²) in [6, 6.07) is 18.8. The number of hydrogen-bond acceptors (Lipinski definition) is 6. The average molecular weight is 565 g/mol. The number of rotatable bonds is 6. The quantitative estimate of drug-likeness (QED) is 0.123. The van der Waals surface area contributed by atoms with Crippen molar-refractivity contribution < 1.29 is 22.8 Å². The Morgan fingerprint density at radius 1 is 1.06 bits per heavy atom. The number of nitrogens with one attached hydrogen (secondary N) is 1. The van der Waals surface area contributed by atoms with E-state index in [1.807, 2.05) is 12.1 Å². The number of aromatic nitrogens is 1. The second-order valence-electron chi connectivity index (χ2n) is 7.90. The van der Waals surface area contributed by atoms with Crippen molar-refractivity contribution in [2.24, 2.45) is 5.16 Å². The van der Waals surface area contributed by atoms with Gasteiger partial charge in [0.25, 0.3) is 0 Å². The first kappa shape index (κ1) is 25.3. The molecule has 0 aliphatic carbocycles. The van der Waals surface area contributed by atoms with Crippen LogP contribution in [0.15, 0.2) is 89.0 Å². The fourth-order valence-corrected chi connectivity index (χ4v) is 5.38. The maximum atomic E-state index is 13.9. The number of nitrogens with zero attached hydrogens (tertiary/aromatic N) is 2. The molecular weight excluding hydrogens is 544 g/mol. The molecule has 0 saturated carbocycles. The number of amides is 1. The fourth-order valence-electron chi connectivity index (χ4n) is 3.78. The van der Waals surface area contributed by atoms with Gasteiger partial charge in [0.05, 0.1) is 4.90 Å². The van der Waals surface area contributed by atoms with Crippen LogP contribution in [-0.2, 0) is 9.84 Å². The van der Waals surface area contributed by atoms with Gasteiger partial charge in [0, 0.05) is 6.26 Å². The third-order valence-electron chi connectivity index (χ3n) is 5.43. The van der Waals surface area contributed by atoms with Gasteiger partial charge in [-0.25, -0.2) is 12.8 Å². The van der Waals surface area contributed by atoms with Gasteiger partial charge in [-0.05, 0) is 18.2 Å². The van der Waals surface area contributed by atoms with Crippen LogP contribution in [0.25, 0.3) is 22.4 Å². The first-order chi connectivity index (χ1) is 17.2. The van der Waals surface area contributed by atoms with Gasteiger partial charge in [0.15, 0.2) is 9.84 Å². The van der Waals surface area contributed by atoms with Crippen LogP contribution in [-0.4, -0.2) is 53.8 Å². The van der Waals surface area contributed by atoms with Gasteiger partial charge < -0.3 is 0 Å². The van der Waals surface area contributed by atoms with E-state index < -0.39 is 21.6 Å². The normalized spacial score (nSPS) is 11.5. The molecule has 0 saturated heterocycles. The third-order valence-corrected chi connectivity index (χ3v) is 7.64. The van der Waals surface area contributed by atoms with Crippen LogP contribution in [0.1, 0.15) is 15.9 Å². The Kier molecular flexibility index (Phi) is 7.33. The monoisotopic (exact) mass is 565 g/mol. The Hall–Kier alpha value is -3.81. The summed E-state index contributed by atoms with van der Waals surface area (Å²) in [7, 11) is -3.57. The van der Waals surface area contributed by atoms with Crippen LogP contribution in [0.4, 0.5) is 10.1 Å². The van der Waals surface area contributed by atoms with Crippen LogP contribution in [0, 0.1) is 5.82 Å². The topological polar surface area (TPSA) is 109 Å². The van der Waals surface area contributed by atoms with Gasteiger partial charge in [-0.1, -0.05) is 0 Å². The van der Waals surface area contributed by atoms with Gasteiger partial charge in [0.1, 0.15) is 5.82 Å². The molecule has 1 atom stereocenters. The van der Waals surface area contributed by atoms with Crippen molar-refractivity contribution in [3.8, 4) is 22.4 Å². The van der Waals surface area contributed by atoms with Crippen LogP contribution < -0.4 is 9.67 Å². The summed E-state index contributed by atoms with van der Waals surface area (Å²) in [6.07, 6.45) is 3.96. The summed E-state index contributed by atoms with van der Waals surface area (Å²) >= 11 is 1.34. The van der Waals surface area contributed by atoms with Gasteiger partial charge in [-0.15, -0.1) is 0 Å². The van der Waals surface area contributed by atoms with Crippen molar-refractivity contribution in [1.29, 1.82) is 0 Å². The summed E-state index contributed by atoms with van der Waals surface area (Å²) in [5, 5.41) is 15.1. The number of sulfone groups is 1. The summed E-state index contributed by atoms with van der Waals surface area (Å²) in [5.74, 6) is -0.964. The molecule has 182 valence electrons. The van der Waals surface area contributed by atoms with Crippen molar-refractivity contribution in [2.75, 3.05) is 11.6 Å². The van der Waals surface area contributed by atoms with Crippen LogP contribution in [0.5, 0.6) is 0 Å². The van der Waals surface area contributed by atoms with E-state index in [1.165, 1.54) is 35.2 Å². The third kappa shape index (κ3) is 5.37. The minimum absolute atomic E-state index is 0.0162. The molecule has 4 rings (SSSR count). The first-order valence-electron chi connectivity index (χ1n) is 10.6. The Morgan fingerprint density at radius 2 is 1.81 bits per heavy atom. The van der Waals surface area contributed by atoms with Crippen LogP contribution in [0.3, 0.4) is 0 Å². The molecule has 1 amide bonds. The molecule has 0 radical (unpaired) electrons. The van der Waals surface area contributed by atoms with E-state index in [9.17, 15) is 17.6 Å². The predicted molar refractivity (Wildman–Crippen MR) is 140 cm³/mol. The molecule has 3 aromatic carbocycles. The Balaban J connectivity index is 1.66. The Labute approximate surface area is 216 Å². The molecule has 7 nitrogen and oxygen atoms in total. The number of anilines is 1. The maximum absolute atomic E-state index is 13.9. The van der Waals surface area contributed by atoms with E-state index in [4.69, 9.17) is 5.21 Å². The Bertz CT molecular complexity index is 1590. The molecule has 36 heavy (non-hydrogen) atoms. The predicted octanol–water partition coefficient (Wildman–Crippen LogP) is 3.28.